The van der Waals surface area contributed by atoms with Crippen LogP contribution in [0.1, 0.15) is 35.7 Å². The largest absolute Gasteiger partial charge is 0.507 e. The quantitative estimate of drug-likeness (QED) is 0.867. The Labute approximate surface area is 117 Å². The maximum Gasteiger partial charge on any atom is 0.308 e. The number of piperidine rings is 1. The lowest BCUT2D eigenvalue weighted by molar-refractivity contribution is -0.143. The second-order valence-electron chi connectivity index (χ2n) is 5.44. The molecule has 5 nitrogen and oxygen atoms in total. The lowest BCUT2D eigenvalue weighted by atomic mass is 9.92. The zero-order valence-electron chi connectivity index (χ0n) is 11.7. The molecule has 0 aliphatic carbocycles. The third kappa shape index (κ3) is 2.76. The maximum absolute atomic E-state index is 12.5. The van der Waals surface area contributed by atoms with E-state index in [4.69, 9.17) is 5.11 Å². The fraction of sp³-hybridized carbons (Fsp3) is 0.467. The van der Waals surface area contributed by atoms with E-state index in [0.717, 1.165) is 5.56 Å². The molecule has 0 bridgehead atoms. The van der Waals surface area contributed by atoms with Gasteiger partial charge < -0.3 is 15.1 Å². The standard InChI is InChI=1S/C15H19NO4/c1-9-3-6-13(17)12(7-9)14(18)16-8-11(15(19)20)5-4-10(16)2/h3,6-7,10-11,17H,4-5,8H2,1-2H3,(H,19,20). The molecular weight excluding hydrogens is 258 g/mol. The number of nitrogens with zero attached hydrogens (tertiary/aromatic N) is 1. The van der Waals surface area contributed by atoms with E-state index in [0.29, 0.717) is 12.8 Å². The summed E-state index contributed by atoms with van der Waals surface area (Å²) in [6.45, 7) is 3.95. The molecule has 1 aromatic carbocycles. The molecule has 2 rings (SSSR count). The molecule has 0 spiro atoms. The first kappa shape index (κ1) is 14.4. The molecule has 0 aromatic heterocycles. The van der Waals surface area contributed by atoms with Gasteiger partial charge in [-0.1, -0.05) is 11.6 Å². The minimum absolute atomic E-state index is 0.0157. The van der Waals surface area contributed by atoms with E-state index in [1.165, 1.54) is 6.07 Å². The minimum atomic E-state index is -0.872. The molecule has 1 amide bonds. The molecule has 2 N–H and O–H groups in total. The van der Waals surface area contributed by atoms with Crippen molar-refractivity contribution in [2.75, 3.05) is 6.54 Å². The number of amides is 1. The van der Waals surface area contributed by atoms with Crippen LogP contribution in [-0.2, 0) is 4.79 Å². The highest BCUT2D eigenvalue weighted by Crippen LogP contribution is 2.27. The number of rotatable bonds is 2. The van der Waals surface area contributed by atoms with E-state index in [1.807, 2.05) is 13.8 Å². The van der Waals surface area contributed by atoms with Gasteiger partial charge in [0.25, 0.3) is 5.91 Å². The monoisotopic (exact) mass is 277 g/mol. The number of carboxylic acids is 1. The van der Waals surface area contributed by atoms with Gasteiger partial charge >= 0.3 is 5.97 Å². The van der Waals surface area contributed by atoms with Crippen LogP contribution >= 0.6 is 0 Å². The molecule has 2 atom stereocenters. The SMILES string of the molecule is Cc1ccc(O)c(C(=O)N2CC(C(=O)O)CCC2C)c1. The Bertz CT molecular complexity index is 541. The van der Waals surface area contributed by atoms with Crippen LogP contribution in [0, 0.1) is 12.8 Å². The Morgan fingerprint density at radius 1 is 1.30 bits per heavy atom. The Balaban J connectivity index is 2.26. The summed E-state index contributed by atoms with van der Waals surface area (Å²) in [5.41, 5.74) is 1.12. The number of hydrogen-bond donors (Lipinski definition) is 2. The van der Waals surface area contributed by atoms with Gasteiger partial charge in [-0.2, -0.15) is 0 Å². The average molecular weight is 277 g/mol. The normalized spacial score (nSPS) is 22.6. The highest BCUT2D eigenvalue weighted by Gasteiger charge is 2.33. The van der Waals surface area contributed by atoms with Gasteiger partial charge in [0.1, 0.15) is 5.75 Å². The first-order valence-corrected chi connectivity index (χ1v) is 6.73. The number of aromatic hydroxyl groups is 1. The number of benzene rings is 1. The van der Waals surface area contributed by atoms with E-state index < -0.39 is 11.9 Å². The fourth-order valence-corrected chi connectivity index (χ4v) is 2.57. The van der Waals surface area contributed by atoms with Crippen molar-refractivity contribution in [2.45, 2.75) is 32.7 Å². The Morgan fingerprint density at radius 3 is 2.65 bits per heavy atom. The number of carboxylic acid groups (broad SMARTS) is 1. The first-order valence-electron chi connectivity index (χ1n) is 6.73. The Hall–Kier alpha value is -2.04. The van der Waals surface area contributed by atoms with Gasteiger partial charge in [-0.15, -0.1) is 0 Å². The molecule has 1 aliphatic rings. The van der Waals surface area contributed by atoms with E-state index in [2.05, 4.69) is 0 Å². The van der Waals surface area contributed by atoms with Crippen LogP contribution in [0.4, 0.5) is 0 Å². The number of phenolic OH excluding ortho intramolecular Hbond substituents is 1. The van der Waals surface area contributed by atoms with E-state index >= 15 is 0 Å². The molecule has 1 heterocycles. The van der Waals surface area contributed by atoms with Crippen molar-refractivity contribution in [3.63, 3.8) is 0 Å². The number of carbonyl (C=O) groups is 2. The summed E-state index contributed by atoms with van der Waals surface area (Å²) >= 11 is 0. The van der Waals surface area contributed by atoms with Crippen LogP contribution < -0.4 is 0 Å². The molecule has 1 fully saturated rings. The Morgan fingerprint density at radius 2 is 2.00 bits per heavy atom. The lowest BCUT2D eigenvalue weighted by Gasteiger charge is -2.36. The van der Waals surface area contributed by atoms with Crippen molar-refractivity contribution in [1.82, 2.24) is 4.90 Å². The second kappa shape index (κ2) is 5.53. The number of phenols is 1. The van der Waals surface area contributed by atoms with Gasteiger partial charge in [0.05, 0.1) is 11.5 Å². The summed E-state index contributed by atoms with van der Waals surface area (Å²) in [6, 6.07) is 4.84. The number of carbonyl (C=O) groups excluding carboxylic acids is 1. The van der Waals surface area contributed by atoms with Crippen molar-refractivity contribution in [2.24, 2.45) is 5.92 Å². The van der Waals surface area contributed by atoms with Crippen LogP contribution in [0.3, 0.4) is 0 Å². The van der Waals surface area contributed by atoms with E-state index in [1.54, 1.807) is 17.0 Å². The summed E-state index contributed by atoms with van der Waals surface area (Å²) in [6.07, 6.45) is 1.25. The van der Waals surface area contributed by atoms with Gasteiger partial charge in [-0.3, -0.25) is 9.59 Å². The first-order chi connectivity index (χ1) is 9.40. The second-order valence-corrected chi connectivity index (χ2v) is 5.44. The molecule has 0 radical (unpaired) electrons. The number of likely N-dealkylation sites (tertiary alicyclic amines) is 1. The van der Waals surface area contributed by atoms with Crippen LogP contribution in [0.5, 0.6) is 5.75 Å². The molecule has 2 unspecified atom stereocenters. The number of aryl methyl sites for hydroxylation is 1. The van der Waals surface area contributed by atoms with E-state index in [9.17, 15) is 14.7 Å². The third-order valence-electron chi connectivity index (χ3n) is 3.87. The van der Waals surface area contributed by atoms with Crippen molar-refractivity contribution in [1.29, 1.82) is 0 Å². The molecule has 0 saturated carbocycles. The van der Waals surface area contributed by atoms with Crippen molar-refractivity contribution in [3.8, 4) is 5.75 Å². The molecule has 20 heavy (non-hydrogen) atoms. The van der Waals surface area contributed by atoms with Gasteiger partial charge in [0, 0.05) is 12.6 Å². The number of hydrogen-bond acceptors (Lipinski definition) is 3. The summed E-state index contributed by atoms with van der Waals surface area (Å²) in [7, 11) is 0. The molecule has 1 aliphatic heterocycles. The molecule has 5 heteroatoms. The average Bonchev–Trinajstić information content (AvgIpc) is 2.41. The van der Waals surface area contributed by atoms with E-state index in [-0.39, 0.29) is 29.8 Å². The molecular formula is C15H19NO4. The van der Waals surface area contributed by atoms with Gasteiger partial charge in [-0.25, -0.2) is 0 Å². The summed E-state index contributed by atoms with van der Waals surface area (Å²) < 4.78 is 0. The van der Waals surface area contributed by atoms with Gasteiger partial charge in [-0.05, 0) is 38.8 Å². The summed E-state index contributed by atoms with van der Waals surface area (Å²) in [5, 5.41) is 18.9. The molecule has 1 saturated heterocycles. The van der Waals surface area contributed by atoms with Crippen LogP contribution in [0.2, 0.25) is 0 Å². The predicted molar refractivity (Wildman–Crippen MR) is 73.7 cm³/mol. The van der Waals surface area contributed by atoms with Crippen LogP contribution in [-0.4, -0.2) is 39.6 Å². The van der Waals surface area contributed by atoms with Crippen molar-refractivity contribution in [3.05, 3.63) is 29.3 Å². The van der Waals surface area contributed by atoms with Gasteiger partial charge in [0.2, 0.25) is 0 Å². The third-order valence-corrected chi connectivity index (χ3v) is 3.87. The zero-order chi connectivity index (χ0) is 14.9. The smallest absolute Gasteiger partial charge is 0.308 e. The molecule has 108 valence electrons. The predicted octanol–water partition coefficient (Wildman–Crippen LogP) is 2.03. The van der Waals surface area contributed by atoms with Crippen LogP contribution in [0.25, 0.3) is 0 Å². The number of aliphatic carboxylic acids is 1. The van der Waals surface area contributed by atoms with Crippen LogP contribution in [0.15, 0.2) is 18.2 Å². The van der Waals surface area contributed by atoms with Gasteiger partial charge in [0.15, 0.2) is 0 Å². The molecule has 1 aromatic rings. The van der Waals surface area contributed by atoms with Crippen molar-refractivity contribution >= 4 is 11.9 Å². The maximum atomic E-state index is 12.5. The lowest BCUT2D eigenvalue weighted by Crippen LogP contribution is -2.47. The fourth-order valence-electron chi connectivity index (χ4n) is 2.57. The summed E-state index contributed by atoms with van der Waals surface area (Å²) in [5.74, 6) is -1.76. The topological polar surface area (TPSA) is 77.8 Å². The minimum Gasteiger partial charge on any atom is -0.507 e. The zero-order valence-corrected chi connectivity index (χ0v) is 11.7. The van der Waals surface area contributed by atoms with Crippen molar-refractivity contribution < 1.29 is 19.8 Å². The Kier molecular flexibility index (Phi) is 3.97. The highest BCUT2D eigenvalue weighted by atomic mass is 16.4. The highest BCUT2D eigenvalue weighted by molar-refractivity contribution is 5.97. The summed E-state index contributed by atoms with van der Waals surface area (Å²) in [4.78, 5) is 25.2.